The maximum Gasteiger partial charge on any atom is 0.319 e. The zero-order chi connectivity index (χ0) is 14.7. The zero-order valence-electron chi connectivity index (χ0n) is 11.8. The van der Waals surface area contributed by atoms with Crippen molar-refractivity contribution in [2.75, 3.05) is 5.32 Å². The Morgan fingerprint density at radius 1 is 1.30 bits per heavy atom. The van der Waals surface area contributed by atoms with Crippen LogP contribution in [0.15, 0.2) is 18.2 Å². The Bertz CT molecular complexity index is 504. The molecule has 0 saturated heterocycles. The Balaban J connectivity index is 1.99. The summed E-state index contributed by atoms with van der Waals surface area (Å²) in [5.41, 5.74) is 2.76. The van der Waals surface area contributed by atoms with E-state index in [4.69, 9.17) is 5.11 Å². The number of anilines is 1. The first-order valence-electron chi connectivity index (χ1n) is 6.83. The molecule has 0 radical (unpaired) electrons. The Hall–Kier alpha value is -2.04. The molecular weight excluding hydrogens is 256 g/mol. The van der Waals surface area contributed by atoms with Crippen LogP contribution in [0.25, 0.3) is 0 Å². The molecule has 1 fully saturated rings. The molecule has 1 aromatic carbocycles. The minimum atomic E-state index is -0.880. The van der Waals surface area contributed by atoms with Gasteiger partial charge in [0.15, 0.2) is 0 Å². The van der Waals surface area contributed by atoms with Gasteiger partial charge in [0.1, 0.15) is 0 Å². The van der Waals surface area contributed by atoms with E-state index in [0.29, 0.717) is 5.92 Å². The number of amides is 2. The van der Waals surface area contributed by atoms with Crippen LogP contribution >= 0.6 is 0 Å². The van der Waals surface area contributed by atoms with Crippen LogP contribution in [-0.2, 0) is 4.79 Å². The molecule has 0 bridgehead atoms. The quantitative estimate of drug-likeness (QED) is 0.773. The normalized spacial score (nSPS) is 15.5. The highest BCUT2D eigenvalue weighted by Gasteiger charge is 2.33. The first kappa shape index (κ1) is 14.4. The van der Waals surface area contributed by atoms with Crippen LogP contribution in [-0.4, -0.2) is 23.1 Å². The molecule has 20 heavy (non-hydrogen) atoms. The Labute approximate surface area is 118 Å². The van der Waals surface area contributed by atoms with Crippen LogP contribution < -0.4 is 10.6 Å². The molecular formula is C15H20N2O3. The number of rotatable bonds is 5. The lowest BCUT2D eigenvalue weighted by atomic mass is 10.1. The smallest absolute Gasteiger partial charge is 0.319 e. The summed E-state index contributed by atoms with van der Waals surface area (Å²) in [6.07, 6.45) is 1.95. The Kier molecular flexibility index (Phi) is 4.27. The average molecular weight is 276 g/mol. The van der Waals surface area contributed by atoms with Crippen molar-refractivity contribution in [3.8, 4) is 0 Å². The maximum atomic E-state index is 12.0. The summed E-state index contributed by atoms with van der Waals surface area (Å²) >= 11 is 0. The SMILES string of the molecule is Cc1cccc(C)c1NC(=O)NC(CC(=O)O)C1CC1. The number of benzene rings is 1. The number of carboxylic acid groups (broad SMARTS) is 1. The van der Waals surface area contributed by atoms with Gasteiger partial charge in [-0.25, -0.2) is 4.79 Å². The van der Waals surface area contributed by atoms with Crippen LogP contribution in [0.4, 0.5) is 10.5 Å². The fourth-order valence-corrected chi connectivity index (χ4v) is 2.35. The molecule has 108 valence electrons. The lowest BCUT2D eigenvalue weighted by Crippen LogP contribution is -2.40. The zero-order valence-corrected chi connectivity index (χ0v) is 11.8. The number of aryl methyl sites for hydroxylation is 2. The molecule has 0 aliphatic heterocycles. The number of aliphatic carboxylic acids is 1. The van der Waals surface area contributed by atoms with Gasteiger partial charge in [0.25, 0.3) is 0 Å². The highest BCUT2D eigenvalue weighted by atomic mass is 16.4. The monoisotopic (exact) mass is 276 g/mol. The summed E-state index contributed by atoms with van der Waals surface area (Å²) in [6.45, 7) is 3.86. The standard InChI is InChI=1S/C15H20N2O3/c1-9-4-3-5-10(2)14(9)17-15(20)16-12(8-13(18)19)11-6-7-11/h3-5,11-12H,6-8H2,1-2H3,(H,18,19)(H2,16,17,20). The maximum absolute atomic E-state index is 12.0. The second-order valence-corrected chi connectivity index (χ2v) is 5.41. The van der Waals surface area contributed by atoms with Crippen molar-refractivity contribution in [3.63, 3.8) is 0 Å². The fraction of sp³-hybridized carbons (Fsp3) is 0.467. The fourth-order valence-electron chi connectivity index (χ4n) is 2.35. The minimum absolute atomic E-state index is 0.0230. The van der Waals surface area contributed by atoms with Gasteiger partial charge in [0, 0.05) is 11.7 Å². The van der Waals surface area contributed by atoms with E-state index in [1.165, 1.54) is 0 Å². The first-order chi connectivity index (χ1) is 9.47. The predicted molar refractivity (Wildman–Crippen MR) is 76.8 cm³/mol. The van der Waals surface area contributed by atoms with Crippen LogP contribution in [0.2, 0.25) is 0 Å². The minimum Gasteiger partial charge on any atom is -0.481 e. The van der Waals surface area contributed by atoms with E-state index < -0.39 is 5.97 Å². The van der Waals surface area contributed by atoms with Gasteiger partial charge >= 0.3 is 12.0 Å². The van der Waals surface area contributed by atoms with E-state index in [2.05, 4.69) is 10.6 Å². The van der Waals surface area contributed by atoms with Crippen molar-refractivity contribution < 1.29 is 14.7 Å². The van der Waals surface area contributed by atoms with E-state index >= 15 is 0 Å². The van der Waals surface area contributed by atoms with E-state index in [-0.39, 0.29) is 18.5 Å². The molecule has 0 spiro atoms. The number of hydrogen-bond donors (Lipinski definition) is 3. The summed E-state index contributed by atoms with van der Waals surface area (Å²) in [7, 11) is 0. The molecule has 1 saturated carbocycles. The third kappa shape index (κ3) is 3.73. The largest absolute Gasteiger partial charge is 0.481 e. The Morgan fingerprint density at radius 3 is 2.40 bits per heavy atom. The molecule has 5 nitrogen and oxygen atoms in total. The van der Waals surface area contributed by atoms with Gasteiger partial charge in [-0.05, 0) is 43.7 Å². The topological polar surface area (TPSA) is 78.4 Å². The third-order valence-electron chi connectivity index (χ3n) is 3.62. The molecule has 5 heteroatoms. The second-order valence-electron chi connectivity index (χ2n) is 5.41. The summed E-state index contributed by atoms with van der Waals surface area (Å²) in [6, 6.07) is 5.18. The van der Waals surface area contributed by atoms with Crippen molar-refractivity contribution in [2.45, 2.75) is 39.2 Å². The van der Waals surface area contributed by atoms with Crippen molar-refractivity contribution in [1.29, 1.82) is 0 Å². The first-order valence-corrected chi connectivity index (χ1v) is 6.83. The summed E-state index contributed by atoms with van der Waals surface area (Å²) < 4.78 is 0. The molecule has 2 rings (SSSR count). The van der Waals surface area contributed by atoms with Gasteiger partial charge < -0.3 is 15.7 Å². The number of carbonyl (C=O) groups is 2. The van der Waals surface area contributed by atoms with Gasteiger partial charge in [-0.2, -0.15) is 0 Å². The highest BCUT2D eigenvalue weighted by molar-refractivity contribution is 5.91. The molecule has 1 atom stereocenters. The van der Waals surface area contributed by atoms with E-state index in [0.717, 1.165) is 29.7 Å². The van der Waals surface area contributed by atoms with Gasteiger partial charge in [0.05, 0.1) is 6.42 Å². The number of urea groups is 1. The number of nitrogens with one attached hydrogen (secondary N) is 2. The molecule has 1 aliphatic carbocycles. The van der Waals surface area contributed by atoms with Crippen molar-refractivity contribution in [2.24, 2.45) is 5.92 Å². The van der Waals surface area contributed by atoms with Crippen molar-refractivity contribution in [1.82, 2.24) is 5.32 Å². The van der Waals surface area contributed by atoms with Gasteiger partial charge in [0.2, 0.25) is 0 Å². The molecule has 0 aromatic heterocycles. The van der Waals surface area contributed by atoms with Gasteiger partial charge in [-0.1, -0.05) is 18.2 Å². The van der Waals surface area contributed by atoms with Crippen LogP contribution in [0, 0.1) is 19.8 Å². The van der Waals surface area contributed by atoms with Gasteiger partial charge in [-0.3, -0.25) is 4.79 Å². The van der Waals surface area contributed by atoms with E-state index in [1.54, 1.807) is 0 Å². The lowest BCUT2D eigenvalue weighted by Gasteiger charge is -2.18. The summed E-state index contributed by atoms with van der Waals surface area (Å²) in [5, 5.41) is 14.5. The van der Waals surface area contributed by atoms with Crippen molar-refractivity contribution in [3.05, 3.63) is 29.3 Å². The average Bonchev–Trinajstić information content (AvgIpc) is 3.17. The lowest BCUT2D eigenvalue weighted by molar-refractivity contribution is -0.137. The number of hydrogen-bond acceptors (Lipinski definition) is 2. The molecule has 2 amide bonds. The van der Waals surface area contributed by atoms with E-state index in [1.807, 2.05) is 32.0 Å². The predicted octanol–water partition coefficient (Wildman–Crippen LogP) is 2.68. The molecule has 0 heterocycles. The summed E-state index contributed by atoms with van der Waals surface area (Å²) in [5.74, 6) is -0.580. The van der Waals surface area contributed by atoms with Gasteiger partial charge in [-0.15, -0.1) is 0 Å². The number of para-hydroxylation sites is 1. The highest BCUT2D eigenvalue weighted by Crippen LogP contribution is 2.34. The Morgan fingerprint density at radius 2 is 1.90 bits per heavy atom. The van der Waals surface area contributed by atoms with Crippen molar-refractivity contribution >= 4 is 17.7 Å². The summed E-state index contributed by atoms with van der Waals surface area (Å²) in [4.78, 5) is 22.8. The van der Waals surface area contributed by atoms with E-state index in [9.17, 15) is 9.59 Å². The number of carbonyl (C=O) groups excluding carboxylic acids is 1. The molecule has 1 aliphatic rings. The number of carboxylic acids is 1. The third-order valence-corrected chi connectivity index (χ3v) is 3.62. The van der Waals surface area contributed by atoms with Crippen LogP contribution in [0.1, 0.15) is 30.4 Å². The molecule has 1 unspecified atom stereocenters. The van der Waals surface area contributed by atoms with Crippen LogP contribution in [0.3, 0.4) is 0 Å². The molecule has 3 N–H and O–H groups in total. The van der Waals surface area contributed by atoms with Crippen LogP contribution in [0.5, 0.6) is 0 Å². The molecule has 1 aromatic rings. The second kappa shape index (κ2) is 5.94.